The second-order valence-electron chi connectivity index (χ2n) is 4.43. The normalized spacial score (nSPS) is 11.7. The summed E-state index contributed by atoms with van der Waals surface area (Å²) in [5.74, 6) is -0.273. The molecule has 0 amide bonds. The molecule has 2 rings (SSSR count). The molecule has 0 bridgehead atoms. The number of carbonyl (C=O) groups excluding carboxylic acids is 1. The van der Waals surface area contributed by atoms with E-state index >= 15 is 0 Å². The summed E-state index contributed by atoms with van der Waals surface area (Å²) in [6, 6.07) is 13.4. The van der Waals surface area contributed by atoms with Gasteiger partial charge in [-0.15, -0.1) is 0 Å². The summed E-state index contributed by atoms with van der Waals surface area (Å²) < 4.78 is 6.06. The van der Waals surface area contributed by atoms with Crippen LogP contribution in [0.25, 0.3) is 0 Å². The van der Waals surface area contributed by atoms with E-state index in [9.17, 15) is 9.90 Å². The lowest BCUT2D eigenvalue weighted by molar-refractivity contribution is -0.144. The van der Waals surface area contributed by atoms with Crippen LogP contribution >= 0.6 is 15.9 Å². The number of halogens is 1. The second-order valence-corrected chi connectivity index (χ2v) is 5.35. The Morgan fingerprint density at radius 2 is 2.00 bits per heavy atom. The van der Waals surface area contributed by atoms with E-state index < -0.39 is 6.04 Å². The number of ether oxygens (including phenoxy) is 1. The van der Waals surface area contributed by atoms with E-state index in [2.05, 4.69) is 21.2 Å². The minimum absolute atomic E-state index is 0.111. The Morgan fingerprint density at radius 1 is 1.29 bits per heavy atom. The van der Waals surface area contributed by atoms with Gasteiger partial charge in [0.2, 0.25) is 0 Å². The number of phenolic OH excluding ortho intramolecular Hbond substituents is 1. The van der Waals surface area contributed by atoms with Crippen LogP contribution in [-0.2, 0) is 9.53 Å². The first kappa shape index (κ1) is 15.4. The van der Waals surface area contributed by atoms with Gasteiger partial charge in [0, 0.05) is 10.2 Å². The number of hydrogen-bond acceptors (Lipinski definition) is 4. The van der Waals surface area contributed by atoms with Crippen molar-refractivity contribution in [3.05, 3.63) is 58.6 Å². The average molecular weight is 350 g/mol. The summed E-state index contributed by atoms with van der Waals surface area (Å²) in [7, 11) is 0. The van der Waals surface area contributed by atoms with Crippen LogP contribution in [0.5, 0.6) is 5.75 Å². The summed E-state index contributed by atoms with van der Waals surface area (Å²) in [4.78, 5) is 12.2. The Bertz CT molecular complexity index is 613. The molecule has 2 aromatic rings. The van der Waals surface area contributed by atoms with Gasteiger partial charge in [0.25, 0.3) is 0 Å². The minimum Gasteiger partial charge on any atom is -0.508 e. The van der Waals surface area contributed by atoms with E-state index in [0.29, 0.717) is 12.2 Å². The van der Waals surface area contributed by atoms with Crippen molar-refractivity contribution in [1.82, 2.24) is 0 Å². The molecule has 0 spiro atoms. The topological polar surface area (TPSA) is 58.6 Å². The molecule has 0 radical (unpaired) electrons. The van der Waals surface area contributed by atoms with Crippen LogP contribution in [0.1, 0.15) is 18.5 Å². The first-order chi connectivity index (χ1) is 10.1. The third-order valence-electron chi connectivity index (χ3n) is 2.88. The zero-order valence-electron chi connectivity index (χ0n) is 11.5. The molecule has 2 aromatic carbocycles. The fourth-order valence-corrected chi connectivity index (χ4v) is 2.19. The molecule has 110 valence electrons. The molecule has 0 aliphatic rings. The van der Waals surface area contributed by atoms with Gasteiger partial charge in [-0.2, -0.15) is 0 Å². The summed E-state index contributed by atoms with van der Waals surface area (Å²) in [6.07, 6.45) is 0. The van der Waals surface area contributed by atoms with E-state index in [4.69, 9.17) is 4.74 Å². The van der Waals surface area contributed by atoms with Gasteiger partial charge < -0.3 is 15.2 Å². The summed E-state index contributed by atoms with van der Waals surface area (Å²) >= 11 is 3.37. The summed E-state index contributed by atoms with van der Waals surface area (Å²) in [5, 5.41) is 12.7. The number of anilines is 1. The number of carbonyl (C=O) groups is 1. The number of esters is 1. The molecule has 2 N–H and O–H groups in total. The second kappa shape index (κ2) is 7.13. The third kappa shape index (κ3) is 4.23. The van der Waals surface area contributed by atoms with Crippen LogP contribution in [0.15, 0.2) is 53.0 Å². The van der Waals surface area contributed by atoms with Gasteiger partial charge >= 0.3 is 5.97 Å². The molecule has 21 heavy (non-hydrogen) atoms. The van der Waals surface area contributed by atoms with Gasteiger partial charge in [-0.05, 0) is 48.9 Å². The van der Waals surface area contributed by atoms with E-state index in [1.165, 1.54) is 0 Å². The average Bonchev–Trinajstić information content (AvgIpc) is 2.47. The largest absolute Gasteiger partial charge is 0.508 e. The quantitative estimate of drug-likeness (QED) is 0.804. The summed E-state index contributed by atoms with van der Waals surface area (Å²) in [6.45, 7) is 2.06. The molecule has 4 nitrogen and oxygen atoms in total. The number of aromatic hydroxyl groups is 1. The number of hydrogen-bond donors (Lipinski definition) is 2. The summed E-state index contributed by atoms with van der Waals surface area (Å²) in [5.41, 5.74) is 1.44. The van der Waals surface area contributed by atoms with Crippen molar-refractivity contribution in [2.45, 2.75) is 13.0 Å². The predicted molar refractivity (Wildman–Crippen MR) is 85.2 cm³/mol. The molecular formula is C16H16BrNO3. The predicted octanol–water partition coefficient (Wildman–Crippen LogP) is 3.87. The van der Waals surface area contributed by atoms with Crippen LogP contribution < -0.4 is 5.32 Å². The molecule has 1 unspecified atom stereocenters. The van der Waals surface area contributed by atoms with Crippen molar-refractivity contribution in [3.8, 4) is 5.75 Å². The lowest BCUT2D eigenvalue weighted by Gasteiger charge is -2.19. The van der Waals surface area contributed by atoms with Crippen molar-refractivity contribution in [2.75, 3.05) is 11.9 Å². The Morgan fingerprint density at radius 3 is 2.62 bits per heavy atom. The maximum absolute atomic E-state index is 12.2. The van der Waals surface area contributed by atoms with Gasteiger partial charge in [0.1, 0.15) is 5.75 Å². The SMILES string of the molecule is CCOC(=O)C(Nc1ccc(Br)cc1)c1cccc(O)c1. The fourth-order valence-electron chi connectivity index (χ4n) is 1.92. The molecule has 0 saturated heterocycles. The van der Waals surface area contributed by atoms with E-state index in [-0.39, 0.29) is 11.7 Å². The first-order valence-electron chi connectivity index (χ1n) is 6.58. The molecule has 0 aliphatic heterocycles. The standard InChI is InChI=1S/C16H16BrNO3/c1-2-21-16(20)15(11-4-3-5-14(19)10-11)18-13-8-6-12(17)7-9-13/h3-10,15,18-19H,2H2,1H3. The van der Waals surface area contributed by atoms with Crippen LogP contribution in [-0.4, -0.2) is 17.7 Å². The van der Waals surface area contributed by atoms with Crippen molar-refractivity contribution in [2.24, 2.45) is 0 Å². The van der Waals surface area contributed by atoms with Crippen molar-refractivity contribution in [1.29, 1.82) is 0 Å². The lowest BCUT2D eigenvalue weighted by atomic mass is 10.1. The van der Waals surface area contributed by atoms with Crippen LogP contribution in [0, 0.1) is 0 Å². The number of nitrogens with one attached hydrogen (secondary N) is 1. The van der Waals surface area contributed by atoms with Gasteiger partial charge in [0.05, 0.1) is 6.61 Å². The number of rotatable bonds is 5. The number of phenols is 1. The molecule has 0 aliphatic carbocycles. The van der Waals surface area contributed by atoms with Crippen LogP contribution in [0.2, 0.25) is 0 Å². The van der Waals surface area contributed by atoms with Gasteiger partial charge in [-0.3, -0.25) is 0 Å². The van der Waals surface area contributed by atoms with Crippen molar-refractivity contribution < 1.29 is 14.6 Å². The van der Waals surface area contributed by atoms with Crippen LogP contribution in [0.4, 0.5) is 5.69 Å². The van der Waals surface area contributed by atoms with Crippen molar-refractivity contribution >= 4 is 27.6 Å². The molecule has 1 atom stereocenters. The monoisotopic (exact) mass is 349 g/mol. The molecule has 0 saturated carbocycles. The molecule has 5 heteroatoms. The van der Waals surface area contributed by atoms with Crippen molar-refractivity contribution in [3.63, 3.8) is 0 Å². The third-order valence-corrected chi connectivity index (χ3v) is 3.41. The Labute approximate surface area is 131 Å². The first-order valence-corrected chi connectivity index (χ1v) is 7.37. The minimum atomic E-state index is -0.668. The molecule has 0 fully saturated rings. The lowest BCUT2D eigenvalue weighted by Crippen LogP contribution is -2.23. The fraction of sp³-hybridized carbons (Fsp3) is 0.188. The molecule has 0 aromatic heterocycles. The Balaban J connectivity index is 2.27. The molecule has 0 heterocycles. The molecular weight excluding hydrogens is 334 g/mol. The van der Waals surface area contributed by atoms with Gasteiger partial charge in [-0.1, -0.05) is 28.1 Å². The number of benzene rings is 2. The highest BCUT2D eigenvalue weighted by Crippen LogP contribution is 2.24. The van der Waals surface area contributed by atoms with E-state index in [1.807, 2.05) is 24.3 Å². The highest BCUT2D eigenvalue weighted by atomic mass is 79.9. The van der Waals surface area contributed by atoms with E-state index in [1.54, 1.807) is 31.2 Å². The Kier molecular flexibility index (Phi) is 5.22. The van der Waals surface area contributed by atoms with Crippen LogP contribution in [0.3, 0.4) is 0 Å². The van der Waals surface area contributed by atoms with Gasteiger partial charge in [-0.25, -0.2) is 4.79 Å². The zero-order chi connectivity index (χ0) is 15.2. The maximum Gasteiger partial charge on any atom is 0.333 e. The Hall–Kier alpha value is -2.01. The van der Waals surface area contributed by atoms with E-state index in [0.717, 1.165) is 10.2 Å². The maximum atomic E-state index is 12.2. The highest BCUT2D eigenvalue weighted by Gasteiger charge is 2.22. The zero-order valence-corrected chi connectivity index (χ0v) is 13.1. The van der Waals surface area contributed by atoms with Gasteiger partial charge in [0.15, 0.2) is 6.04 Å². The highest BCUT2D eigenvalue weighted by molar-refractivity contribution is 9.10. The smallest absolute Gasteiger partial charge is 0.333 e.